The third-order valence-corrected chi connectivity index (χ3v) is 4.98. The molecule has 1 saturated heterocycles. The zero-order valence-electron chi connectivity index (χ0n) is 15.3. The quantitative estimate of drug-likeness (QED) is 0.824. The molecule has 0 unspecified atom stereocenters. The van der Waals surface area contributed by atoms with E-state index in [1.165, 1.54) is 0 Å². The Hall–Kier alpha value is -2.35. The smallest absolute Gasteiger partial charge is 0.257 e. The Bertz CT molecular complexity index is 801. The molecule has 1 aliphatic heterocycles. The number of amides is 1. The van der Waals surface area contributed by atoms with E-state index in [1.807, 2.05) is 18.7 Å². The molecule has 3 heterocycles. The minimum atomic E-state index is 0.0138. The van der Waals surface area contributed by atoms with E-state index in [-0.39, 0.29) is 5.91 Å². The fourth-order valence-corrected chi connectivity index (χ4v) is 3.32. The zero-order valence-corrected chi connectivity index (χ0v) is 15.3. The van der Waals surface area contributed by atoms with Crippen molar-refractivity contribution in [1.82, 2.24) is 29.9 Å². The summed E-state index contributed by atoms with van der Waals surface area (Å²) in [5, 5.41) is 4.10. The Kier molecular flexibility index (Phi) is 4.67. The van der Waals surface area contributed by atoms with Crippen LogP contribution in [0.4, 0.5) is 0 Å². The van der Waals surface area contributed by atoms with Gasteiger partial charge in [0.15, 0.2) is 5.82 Å². The maximum atomic E-state index is 12.8. The van der Waals surface area contributed by atoms with E-state index in [0.717, 1.165) is 56.3 Å². The lowest BCUT2D eigenvalue weighted by Crippen LogP contribution is -2.35. The highest BCUT2D eigenvalue weighted by atomic mass is 16.5. The van der Waals surface area contributed by atoms with E-state index in [4.69, 9.17) is 4.52 Å². The van der Waals surface area contributed by atoms with Crippen molar-refractivity contribution in [3.05, 3.63) is 35.0 Å². The van der Waals surface area contributed by atoms with Gasteiger partial charge in [-0.2, -0.15) is 4.98 Å². The van der Waals surface area contributed by atoms with E-state index >= 15 is 0 Å². The van der Waals surface area contributed by atoms with Crippen LogP contribution < -0.4 is 0 Å². The molecule has 1 amide bonds. The van der Waals surface area contributed by atoms with Crippen LogP contribution in [0.2, 0.25) is 0 Å². The first-order valence-electron chi connectivity index (χ1n) is 9.24. The Labute approximate surface area is 152 Å². The summed E-state index contributed by atoms with van der Waals surface area (Å²) >= 11 is 0. The van der Waals surface area contributed by atoms with Gasteiger partial charge in [0.05, 0.1) is 17.8 Å². The lowest BCUT2D eigenvalue weighted by molar-refractivity contribution is 0.0759. The maximum Gasteiger partial charge on any atom is 0.257 e. The Morgan fingerprint density at radius 2 is 2.04 bits per heavy atom. The second kappa shape index (κ2) is 7.11. The lowest BCUT2D eigenvalue weighted by atomic mass is 10.2. The molecule has 26 heavy (non-hydrogen) atoms. The average Bonchev–Trinajstić information content (AvgIpc) is 3.39. The standard InChI is InChI=1S/C18H24N6O2/c1-12-15(10-19-13(2)20-12)18(25)24-7-3-6-23(8-9-24)11-16-21-17(26-22-16)14-4-5-14/h10,14H,3-9,11H2,1-2H3. The van der Waals surface area contributed by atoms with Gasteiger partial charge in [0.1, 0.15) is 5.82 Å². The molecule has 2 aromatic heterocycles. The van der Waals surface area contributed by atoms with Crippen molar-refractivity contribution >= 4 is 5.91 Å². The summed E-state index contributed by atoms with van der Waals surface area (Å²) in [6.45, 7) is 7.50. The predicted molar refractivity (Wildman–Crippen MR) is 93.6 cm³/mol. The first-order valence-corrected chi connectivity index (χ1v) is 9.24. The lowest BCUT2D eigenvalue weighted by Gasteiger charge is -2.21. The summed E-state index contributed by atoms with van der Waals surface area (Å²) in [4.78, 5) is 30.0. The van der Waals surface area contributed by atoms with E-state index in [2.05, 4.69) is 25.0 Å². The van der Waals surface area contributed by atoms with Crippen molar-refractivity contribution in [2.45, 2.75) is 45.6 Å². The van der Waals surface area contributed by atoms with Crippen LogP contribution in [0, 0.1) is 13.8 Å². The Balaban J connectivity index is 1.37. The number of carbonyl (C=O) groups is 1. The third kappa shape index (κ3) is 3.75. The van der Waals surface area contributed by atoms with Crippen LogP contribution in [0.3, 0.4) is 0 Å². The number of rotatable bonds is 4. The van der Waals surface area contributed by atoms with Gasteiger partial charge >= 0.3 is 0 Å². The highest BCUT2D eigenvalue weighted by molar-refractivity contribution is 5.94. The Morgan fingerprint density at radius 1 is 1.19 bits per heavy atom. The molecule has 2 aromatic rings. The third-order valence-electron chi connectivity index (χ3n) is 4.98. The van der Waals surface area contributed by atoms with Gasteiger partial charge in [-0.1, -0.05) is 5.16 Å². The molecule has 0 spiro atoms. The minimum absolute atomic E-state index is 0.0138. The normalized spacial score (nSPS) is 18.8. The number of aromatic nitrogens is 4. The van der Waals surface area contributed by atoms with Gasteiger partial charge in [0, 0.05) is 38.3 Å². The number of nitrogens with zero attached hydrogens (tertiary/aromatic N) is 6. The van der Waals surface area contributed by atoms with Gasteiger partial charge in [-0.25, -0.2) is 9.97 Å². The summed E-state index contributed by atoms with van der Waals surface area (Å²) in [5.41, 5.74) is 1.33. The number of hydrogen-bond donors (Lipinski definition) is 0. The molecule has 1 saturated carbocycles. The molecule has 0 radical (unpaired) electrons. The molecule has 8 nitrogen and oxygen atoms in total. The number of carbonyl (C=O) groups excluding carboxylic acids is 1. The second-order valence-electron chi connectivity index (χ2n) is 7.16. The molecule has 0 N–H and O–H groups in total. The highest BCUT2D eigenvalue weighted by Crippen LogP contribution is 2.38. The van der Waals surface area contributed by atoms with Crippen LogP contribution in [0.25, 0.3) is 0 Å². The zero-order chi connectivity index (χ0) is 18.1. The van der Waals surface area contributed by atoms with Gasteiger partial charge in [-0.3, -0.25) is 9.69 Å². The van der Waals surface area contributed by atoms with Crippen LogP contribution in [0.1, 0.15) is 58.8 Å². The first kappa shape index (κ1) is 17.1. The SMILES string of the molecule is Cc1ncc(C(=O)N2CCCN(Cc3noc(C4CC4)n3)CC2)c(C)n1. The van der Waals surface area contributed by atoms with Gasteiger partial charge in [-0.15, -0.1) is 0 Å². The molecular weight excluding hydrogens is 332 g/mol. The topological polar surface area (TPSA) is 88.3 Å². The van der Waals surface area contributed by atoms with Gasteiger partial charge in [0.2, 0.25) is 5.89 Å². The minimum Gasteiger partial charge on any atom is -0.339 e. The Morgan fingerprint density at radius 3 is 2.81 bits per heavy atom. The maximum absolute atomic E-state index is 12.8. The molecule has 0 aromatic carbocycles. The molecule has 4 rings (SSSR count). The van der Waals surface area contributed by atoms with Crippen molar-refractivity contribution in [2.24, 2.45) is 0 Å². The second-order valence-corrected chi connectivity index (χ2v) is 7.16. The molecule has 138 valence electrons. The van der Waals surface area contributed by atoms with E-state index in [9.17, 15) is 4.79 Å². The molecular formula is C18H24N6O2. The molecule has 0 atom stereocenters. The van der Waals surface area contributed by atoms with Crippen molar-refractivity contribution in [3.8, 4) is 0 Å². The number of hydrogen-bond acceptors (Lipinski definition) is 7. The van der Waals surface area contributed by atoms with Crippen molar-refractivity contribution < 1.29 is 9.32 Å². The summed E-state index contributed by atoms with van der Waals surface area (Å²) in [7, 11) is 0. The van der Waals surface area contributed by atoms with Crippen molar-refractivity contribution in [1.29, 1.82) is 0 Å². The first-order chi connectivity index (χ1) is 12.6. The van der Waals surface area contributed by atoms with E-state index in [0.29, 0.717) is 30.4 Å². The van der Waals surface area contributed by atoms with Crippen LogP contribution >= 0.6 is 0 Å². The predicted octanol–water partition coefficient (Wildman–Crippen LogP) is 1.70. The van der Waals surface area contributed by atoms with Crippen LogP contribution in [-0.4, -0.2) is 62.0 Å². The summed E-state index contributed by atoms with van der Waals surface area (Å²) in [5.74, 6) is 2.70. The summed E-state index contributed by atoms with van der Waals surface area (Å²) in [6.07, 6.45) is 4.88. The van der Waals surface area contributed by atoms with E-state index in [1.54, 1.807) is 6.20 Å². The summed E-state index contributed by atoms with van der Waals surface area (Å²) in [6, 6.07) is 0. The summed E-state index contributed by atoms with van der Waals surface area (Å²) < 4.78 is 5.34. The number of aryl methyl sites for hydroxylation is 2. The van der Waals surface area contributed by atoms with Gasteiger partial charge < -0.3 is 9.42 Å². The van der Waals surface area contributed by atoms with Gasteiger partial charge in [0.25, 0.3) is 5.91 Å². The average molecular weight is 356 g/mol. The van der Waals surface area contributed by atoms with Gasteiger partial charge in [-0.05, 0) is 33.1 Å². The largest absolute Gasteiger partial charge is 0.339 e. The molecule has 1 aliphatic carbocycles. The molecule has 2 fully saturated rings. The monoisotopic (exact) mass is 356 g/mol. The highest BCUT2D eigenvalue weighted by Gasteiger charge is 2.30. The van der Waals surface area contributed by atoms with Crippen LogP contribution in [0.5, 0.6) is 0 Å². The fourth-order valence-electron chi connectivity index (χ4n) is 3.32. The fraction of sp³-hybridized carbons (Fsp3) is 0.611. The molecule has 2 aliphatic rings. The molecule has 8 heteroatoms. The van der Waals surface area contributed by atoms with Crippen molar-refractivity contribution in [2.75, 3.05) is 26.2 Å². The van der Waals surface area contributed by atoms with Crippen molar-refractivity contribution in [3.63, 3.8) is 0 Å². The molecule has 0 bridgehead atoms. The van der Waals surface area contributed by atoms with Crippen LogP contribution in [-0.2, 0) is 6.54 Å². The van der Waals surface area contributed by atoms with E-state index < -0.39 is 0 Å². The van der Waals surface area contributed by atoms with Crippen LogP contribution in [0.15, 0.2) is 10.7 Å².